The molecule has 1 aliphatic rings. The van der Waals surface area contributed by atoms with Crippen molar-refractivity contribution in [2.75, 3.05) is 26.2 Å². The fourth-order valence-corrected chi connectivity index (χ4v) is 3.86. The van der Waals surface area contributed by atoms with Gasteiger partial charge in [-0.15, -0.1) is 0 Å². The number of H-pyrrole nitrogens is 1. The van der Waals surface area contributed by atoms with Crippen LogP contribution in [0.25, 0.3) is 10.9 Å². The summed E-state index contributed by atoms with van der Waals surface area (Å²) in [5.74, 6) is 0. The van der Waals surface area contributed by atoms with Gasteiger partial charge in [-0.25, -0.2) is 0 Å². The van der Waals surface area contributed by atoms with Gasteiger partial charge in [0, 0.05) is 55.7 Å². The average molecular weight is 350 g/mol. The Kier molecular flexibility index (Phi) is 5.02. The third-order valence-corrected chi connectivity index (χ3v) is 5.24. The highest BCUT2D eigenvalue weighted by Gasteiger charge is 2.33. The molecule has 26 heavy (non-hydrogen) atoms. The van der Waals surface area contributed by atoms with Crippen molar-refractivity contribution in [1.29, 1.82) is 0 Å². The van der Waals surface area contributed by atoms with Crippen molar-refractivity contribution in [2.24, 2.45) is 0 Å². The van der Waals surface area contributed by atoms with E-state index >= 15 is 0 Å². The smallest absolute Gasteiger partial charge is 0.0909 e. The summed E-state index contributed by atoms with van der Waals surface area (Å²) in [5, 5.41) is 15.4. The zero-order valence-corrected chi connectivity index (χ0v) is 15.0. The number of aromatic amines is 1. The monoisotopic (exact) mass is 350 g/mol. The Morgan fingerprint density at radius 3 is 2.92 bits per heavy atom. The lowest BCUT2D eigenvalue weighted by atomic mass is 10.0. The third-order valence-electron chi connectivity index (χ3n) is 5.24. The molecule has 0 aliphatic carbocycles. The van der Waals surface area contributed by atoms with Crippen molar-refractivity contribution in [3.05, 3.63) is 66.1 Å². The number of rotatable bonds is 7. The van der Waals surface area contributed by atoms with E-state index in [0.717, 1.165) is 32.5 Å². The number of hydrogen-bond acceptors (Lipinski definition) is 4. The number of nitrogens with zero attached hydrogens (tertiary/aromatic N) is 2. The molecule has 136 valence electrons. The quantitative estimate of drug-likeness (QED) is 0.612. The second-order valence-electron chi connectivity index (χ2n) is 7.33. The number of hydrogen-bond donors (Lipinski definition) is 3. The standard InChI is InChI=1S/C21H26N4O/c26-21(8-10-23-15-21)16-25(14-17-4-3-9-22-12-17)11-7-18-13-24-20-6-2-1-5-19(18)20/h1-6,9,12-13,23-24,26H,7-8,10-11,14-16H2. The molecule has 0 radical (unpaired) electrons. The zero-order chi connectivity index (χ0) is 17.8. The van der Waals surface area contributed by atoms with E-state index in [1.807, 2.05) is 12.3 Å². The number of fused-ring (bicyclic) bond motifs is 1. The van der Waals surface area contributed by atoms with Gasteiger partial charge >= 0.3 is 0 Å². The molecule has 3 N–H and O–H groups in total. The third kappa shape index (κ3) is 3.96. The normalized spacial score (nSPS) is 20.2. The predicted molar refractivity (Wildman–Crippen MR) is 104 cm³/mol. The number of aliphatic hydroxyl groups is 1. The first-order valence-corrected chi connectivity index (χ1v) is 9.31. The van der Waals surface area contributed by atoms with Gasteiger partial charge < -0.3 is 15.4 Å². The van der Waals surface area contributed by atoms with Crippen LogP contribution < -0.4 is 5.32 Å². The topological polar surface area (TPSA) is 64.2 Å². The molecular formula is C21H26N4O. The Morgan fingerprint density at radius 2 is 2.12 bits per heavy atom. The minimum Gasteiger partial charge on any atom is -0.387 e. The summed E-state index contributed by atoms with van der Waals surface area (Å²) >= 11 is 0. The summed E-state index contributed by atoms with van der Waals surface area (Å²) in [6, 6.07) is 12.5. The number of pyridine rings is 1. The molecule has 3 aromatic rings. The van der Waals surface area contributed by atoms with Crippen LogP contribution in [0, 0.1) is 0 Å². The van der Waals surface area contributed by atoms with Gasteiger partial charge in [0.25, 0.3) is 0 Å². The van der Waals surface area contributed by atoms with Crippen LogP contribution in [0.5, 0.6) is 0 Å². The van der Waals surface area contributed by atoms with E-state index in [2.05, 4.69) is 56.7 Å². The highest BCUT2D eigenvalue weighted by atomic mass is 16.3. The molecule has 0 bridgehead atoms. The Morgan fingerprint density at radius 1 is 1.19 bits per heavy atom. The summed E-state index contributed by atoms with van der Waals surface area (Å²) in [7, 11) is 0. The molecule has 2 aromatic heterocycles. The lowest BCUT2D eigenvalue weighted by Gasteiger charge is -2.31. The van der Waals surface area contributed by atoms with Crippen LogP contribution in [0.4, 0.5) is 0 Å². The summed E-state index contributed by atoms with van der Waals surface area (Å²) in [6.45, 7) is 3.94. The van der Waals surface area contributed by atoms with Gasteiger partial charge in [0.2, 0.25) is 0 Å². The van der Waals surface area contributed by atoms with Gasteiger partial charge in [0.15, 0.2) is 0 Å². The van der Waals surface area contributed by atoms with Gasteiger partial charge in [-0.05, 0) is 42.6 Å². The second kappa shape index (κ2) is 7.58. The zero-order valence-electron chi connectivity index (χ0n) is 15.0. The van der Waals surface area contributed by atoms with Crippen LogP contribution in [0.1, 0.15) is 17.5 Å². The van der Waals surface area contributed by atoms with Crippen molar-refractivity contribution in [1.82, 2.24) is 20.2 Å². The van der Waals surface area contributed by atoms with Crippen LogP contribution in [-0.2, 0) is 13.0 Å². The number of nitrogens with one attached hydrogen (secondary N) is 2. The summed E-state index contributed by atoms with van der Waals surface area (Å²) in [5.41, 5.74) is 3.05. The minimum absolute atomic E-state index is 0.636. The van der Waals surface area contributed by atoms with E-state index in [1.165, 1.54) is 22.0 Å². The summed E-state index contributed by atoms with van der Waals surface area (Å²) in [4.78, 5) is 9.94. The van der Waals surface area contributed by atoms with Gasteiger partial charge in [0.1, 0.15) is 0 Å². The largest absolute Gasteiger partial charge is 0.387 e. The van der Waals surface area contributed by atoms with Crippen molar-refractivity contribution in [2.45, 2.75) is 25.0 Å². The van der Waals surface area contributed by atoms with Gasteiger partial charge in [-0.1, -0.05) is 24.3 Å². The molecule has 1 aliphatic heterocycles. The molecule has 1 aromatic carbocycles. The molecule has 3 heterocycles. The van der Waals surface area contributed by atoms with Crippen molar-refractivity contribution in [3.63, 3.8) is 0 Å². The first-order chi connectivity index (χ1) is 12.7. The maximum Gasteiger partial charge on any atom is 0.0909 e. The molecule has 0 spiro atoms. The maximum atomic E-state index is 10.8. The highest BCUT2D eigenvalue weighted by Crippen LogP contribution is 2.21. The molecule has 4 rings (SSSR count). The molecule has 5 nitrogen and oxygen atoms in total. The van der Waals surface area contributed by atoms with Gasteiger partial charge in [-0.2, -0.15) is 0 Å². The minimum atomic E-state index is -0.636. The van der Waals surface area contributed by atoms with Crippen LogP contribution in [0.3, 0.4) is 0 Å². The molecule has 0 amide bonds. The van der Waals surface area contributed by atoms with E-state index in [-0.39, 0.29) is 0 Å². The molecular weight excluding hydrogens is 324 g/mol. The first-order valence-electron chi connectivity index (χ1n) is 9.31. The predicted octanol–water partition coefficient (Wildman–Crippen LogP) is 2.33. The van der Waals surface area contributed by atoms with Crippen LogP contribution >= 0.6 is 0 Å². The van der Waals surface area contributed by atoms with Crippen LogP contribution in [0.2, 0.25) is 0 Å². The van der Waals surface area contributed by atoms with Crippen LogP contribution in [0.15, 0.2) is 55.0 Å². The Balaban J connectivity index is 1.48. The molecule has 1 unspecified atom stereocenters. The van der Waals surface area contributed by atoms with E-state index < -0.39 is 5.60 Å². The lowest BCUT2D eigenvalue weighted by Crippen LogP contribution is -2.45. The van der Waals surface area contributed by atoms with E-state index in [4.69, 9.17) is 0 Å². The molecule has 1 fully saturated rings. The number of benzene rings is 1. The highest BCUT2D eigenvalue weighted by molar-refractivity contribution is 5.83. The van der Waals surface area contributed by atoms with Crippen molar-refractivity contribution >= 4 is 10.9 Å². The second-order valence-corrected chi connectivity index (χ2v) is 7.33. The molecule has 5 heteroatoms. The lowest BCUT2D eigenvalue weighted by molar-refractivity contribution is 0.0186. The number of aromatic nitrogens is 2. The van der Waals surface area contributed by atoms with E-state index in [9.17, 15) is 5.11 Å². The van der Waals surface area contributed by atoms with Crippen molar-refractivity contribution in [3.8, 4) is 0 Å². The fraction of sp³-hybridized carbons (Fsp3) is 0.381. The fourth-order valence-electron chi connectivity index (χ4n) is 3.86. The van der Waals surface area contributed by atoms with Crippen molar-refractivity contribution < 1.29 is 5.11 Å². The Bertz CT molecular complexity index is 839. The Hall–Kier alpha value is -2.21. The summed E-state index contributed by atoms with van der Waals surface area (Å²) in [6.07, 6.45) is 7.58. The van der Waals surface area contributed by atoms with Crippen LogP contribution in [-0.4, -0.2) is 51.8 Å². The van der Waals surface area contributed by atoms with Gasteiger partial charge in [0.05, 0.1) is 5.60 Å². The maximum absolute atomic E-state index is 10.8. The van der Waals surface area contributed by atoms with Gasteiger partial charge in [-0.3, -0.25) is 9.88 Å². The van der Waals surface area contributed by atoms with E-state index in [0.29, 0.717) is 13.1 Å². The summed E-state index contributed by atoms with van der Waals surface area (Å²) < 4.78 is 0. The first kappa shape index (κ1) is 17.2. The number of para-hydroxylation sites is 1. The molecule has 1 atom stereocenters. The number of β-amino-alcohol motifs (C(OH)–C–C–N with tert-alkyl or cyclic N) is 1. The Labute approximate surface area is 154 Å². The molecule has 0 saturated carbocycles. The SMILES string of the molecule is OC1(CN(CCc2c[nH]c3ccccc23)Cc2cccnc2)CCNC1. The van der Waals surface area contributed by atoms with E-state index in [1.54, 1.807) is 6.20 Å². The average Bonchev–Trinajstić information content (AvgIpc) is 3.27. The molecule has 1 saturated heterocycles.